The minimum absolute atomic E-state index is 0.138. The molecule has 7 nitrogen and oxygen atoms in total. The Morgan fingerprint density at radius 2 is 1.69 bits per heavy atom. The van der Waals surface area contributed by atoms with Gasteiger partial charge in [0.2, 0.25) is 5.91 Å². The van der Waals surface area contributed by atoms with Crippen LogP contribution in [0.25, 0.3) is 5.69 Å². The fourth-order valence-electron chi connectivity index (χ4n) is 3.49. The first-order chi connectivity index (χ1) is 16.9. The van der Waals surface area contributed by atoms with E-state index in [1.807, 2.05) is 60.3 Å². The molecule has 1 aromatic heterocycles. The second-order valence-electron chi connectivity index (χ2n) is 7.94. The summed E-state index contributed by atoms with van der Waals surface area (Å²) < 4.78 is 30.1. The van der Waals surface area contributed by atoms with Gasteiger partial charge in [-0.2, -0.15) is 0 Å². The number of amides is 1. The van der Waals surface area contributed by atoms with Crippen molar-refractivity contribution in [3.63, 3.8) is 0 Å². The fraction of sp³-hybridized carbons (Fsp3) is 0.154. The number of sulfonamides is 1. The number of hydrogen-bond acceptors (Lipinski definition) is 5. The molecular formula is C26H26N4O3S2. The molecule has 0 aliphatic carbocycles. The summed E-state index contributed by atoms with van der Waals surface area (Å²) in [7, 11) is -3.95. The van der Waals surface area contributed by atoms with E-state index in [4.69, 9.17) is 0 Å². The Labute approximate surface area is 209 Å². The molecule has 0 radical (unpaired) electrons. The third-order valence-corrected chi connectivity index (χ3v) is 8.02. The van der Waals surface area contributed by atoms with Gasteiger partial charge in [-0.25, -0.2) is 13.4 Å². The van der Waals surface area contributed by atoms with Crippen molar-refractivity contribution in [3.05, 3.63) is 103 Å². The van der Waals surface area contributed by atoms with Crippen molar-refractivity contribution in [2.75, 3.05) is 17.1 Å². The highest BCUT2D eigenvalue weighted by Crippen LogP contribution is 2.25. The standard InChI is InChI=1S/C26H26N4O3S2/c1-20-3-7-23(8-4-20)30(35(32,33)25-13-11-24(34-2)12-14-25)18-26(31)28-17-21-5-9-22(10-6-21)29-16-15-27-19-29/h3-16,19H,17-18H2,1-2H3,(H,28,31). The van der Waals surface area contributed by atoms with Crippen LogP contribution in [0.1, 0.15) is 11.1 Å². The van der Waals surface area contributed by atoms with Crippen LogP contribution in [-0.2, 0) is 21.4 Å². The molecule has 3 aromatic carbocycles. The highest BCUT2D eigenvalue weighted by Gasteiger charge is 2.27. The molecule has 180 valence electrons. The lowest BCUT2D eigenvalue weighted by atomic mass is 10.2. The summed E-state index contributed by atoms with van der Waals surface area (Å²) in [5.74, 6) is -0.395. The lowest BCUT2D eigenvalue weighted by molar-refractivity contribution is -0.119. The van der Waals surface area contributed by atoms with Gasteiger partial charge in [0.25, 0.3) is 10.0 Å². The van der Waals surface area contributed by atoms with Crippen molar-refractivity contribution in [2.24, 2.45) is 0 Å². The quantitative estimate of drug-likeness (QED) is 0.340. The van der Waals surface area contributed by atoms with E-state index in [9.17, 15) is 13.2 Å². The lowest BCUT2D eigenvalue weighted by Crippen LogP contribution is -2.40. The zero-order chi connectivity index (χ0) is 24.8. The second kappa shape index (κ2) is 10.8. The predicted molar refractivity (Wildman–Crippen MR) is 139 cm³/mol. The topological polar surface area (TPSA) is 84.3 Å². The summed E-state index contributed by atoms with van der Waals surface area (Å²) in [6.45, 7) is 1.88. The third kappa shape index (κ3) is 5.93. The van der Waals surface area contributed by atoms with Crippen LogP contribution in [0.4, 0.5) is 5.69 Å². The maximum Gasteiger partial charge on any atom is 0.264 e. The van der Waals surface area contributed by atoms with E-state index in [2.05, 4.69) is 10.3 Å². The number of carbonyl (C=O) groups excluding carboxylic acids is 1. The van der Waals surface area contributed by atoms with Gasteiger partial charge >= 0.3 is 0 Å². The minimum atomic E-state index is -3.95. The summed E-state index contributed by atoms with van der Waals surface area (Å²) in [5, 5.41) is 2.84. The van der Waals surface area contributed by atoms with Gasteiger partial charge < -0.3 is 9.88 Å². The SMILES string of the molecule is CSc1ccc(S(=O)(=O)N(CC(=O)NCc2ccc(-n3ccnc3)cc2)c2ccc(C)cc2)cc1. The summed E-state index contributed by atoms with van der Waals surface area (Å²) in [6.07, 6.45) is 7.20. The number of nitrogens with one attached hydrogen (secondary N) is 1. The van der Waals surface area contributed by atoms with E-state index >= 15 is 0 Å². The molecule has 0 spiro atoms. The number of nitrogens with zero attached hydrogens (tertiary/aromatic N) is 3. The average molecular weight is 507 g/mol. The van der Waals surface area contributed by atoms with Crippen molar-refractivity contribution < 1.29 is 13.2 Å². The summed E-state index contributed by atoms with van der Waals surface area (Å²) in [5.41, 5.74) is 3.30. The van der Waals surface area contributed by atoms with E-state index in [0.29, 0.717) is 5.69 Å². The lowest BCUT2D eigenvalue weighted by Gasteiger charge is -2.24. The molecule has 0 saturated heterocycles. The fourth-order valence-corrected chi connectivity index (χ4v) is 5.31. The predicted octanol–water partition coefficient (Wildman–Crippen LogP) is 4.41. The van der Waals surface area contributed by atoms with E-state index in [1.54, 1.807) is 48.9 Å². The number of carbonyl (C=O) groups is 1. The van der Waals surface area contributed by atoms with Crippen LogP contribution in [0.2, 0.25) is 0 Å². The van der Waals surface area contributed by atoms with E-state index in [0.717, 1.165) is 26.0 Å². The summed E-state index contributed by atoms with van der Waals surface area (Å²) in [6, 6.07) is 21.4. The summed E-state index contributed by atoms with van der Waals surface area (Å²) >= 11 is 1.53. The van der Waals surface area contributed by atoms with Gasteiger partial charge in [-0.1, -0.05) is 29.8 Å². The van der Waals surface area contributed by atoms with Gasteiger partial charge in [0, 0.05) is 29.5 Å². The van der Waals surface area contributed by atoms with Crippen LogP contribution in [0.15, 0.2) is 101 Å². The molecule has 0 fully saturated rings. The van der Waals surface area contributed by atoms with E-state index in [1.165, 1.54) is 11.8 Å². The first kappa shape index (κ1) is 24.6. The molecule has 1 N–H and O–H groups in total. The number of imidazole rings is 1. The van der Waals surface area contributed by atoms with Crippen LogP contribution in [-0.4, -0.2) is 36.7 Å². The van der Waals surface area contributed by atoms with Crippen LogP contribution in [0, 0.1) is 6.92 Å². The monoisotopic (exact) mass is 506 g/mol. The Balaban J connectivity index is 1.50. The Morgan fingerprint density at radius 1 is 1.00 bits per heavy atom. The van der Waals surface area contributed by atoms with Crippen molar-refractivity contribution in [3.8, 4) is 5.69 Å². The van der Waals surface area contributed by atoms with Gasteiger partial charge in [0.05, 0.1) is 16.9 Å². The molecule has 0 bridgehead atoms. The number of benzene rings is 3. The van der Waals surface area contributed by atoms with Gasteiger partial charge in [0.1, 0.15) is 6.54 Å². The van der Waals surface area contributed by atoms with Gasteiger partial charge in [-0.3, -0.25) is 9.10 Å². The molecule has 4 aromatic rings. The second-order valence-corrected chi connectivity index (χ2v) is 10.7. The zero-order valence-electron chi connectivity index (χ0n) is 19.5. The Morgan fingerprint density at radius 3 is 2.29 bits per heavy atom. The Kier molecular flexibility index (Phi) is 7.57. The number of aryl methyl sites for hydroxylation is 1. The van der Waals surface area contributed by atoms with Crippen molar-refractivity contribution in [1.82, 2.24) is 14.9 Å². The third-order valence-electron chi connectivity index (χ3n) is 5.49. The molecule has 0 aliphatic rings. The van der Waals surface area contributed by atoms with Crippen LogP contribution in [0.5, 0.6) is 0 Å². The molecule has 35 heavy (non-hydrogen) atoms. The van der Waals surface area contributed by atoms with Crippen LogP contribution in [0.3, 0.4) is 0 Å². The van der Waals surface area contributed by atoms with E-state index < -0.39 is 15.9 Å². The molecule has 0 atom stereocenters. The highest BCUT2D eigenvalue weighted by molar-refractivity contribution is 7.98. The van der Waals surface area contributed by atoms with Gasteiger partial charge in [0.15, 0.2) is 0 Å². The molecular weight excluding hydrogens is 480 g/mol. The maximum atomic E-state index is 13.5. The highest BCUT2D eigenvalue weighted by atomic mass is 32.2. The van der Waals surface area contributed by atoms with Crippen molar-refractivity contribution in [1.29, 1.82) is 0 Å². The minimum Gasteiger partial charge on any atom is -0.350 e. The molecule has 0 saturated carbocycles. The van der Waals surface area contributed by atoms with Gasteiger partial charge in [-0.05, 0) is 67.3 Å². The molecule has 0 aliphatic heterocycles. The number of hydrogen-bond donors (Lipinski definition) is 1. The first-order valence-corrected chi connectivity index (χ1v) is 13.6. The Bertz CT molecular complexity index is 1370. The number of rotatable bonds is 9. The van der Waals surface area contributed by atoms with E-state index in [-0.39, 0.29) is 18.0 Å². The van der Waals surface area contributed by atoms with Crippen molar-refractivity contribution in [2.45, 2.75) is 23.3 Å². The number of thioether (sulfide) groups is 1. The van der Waals surface area contributed by atoms with Crippen LogP contribution >= 0.6 is 11.8 Å². The number of anilines is 1. The smallest absolute Gasteiger partial charge is 0.264 e. The van der Waals surface area contributed by atoms with Gasteiger partial charge in [-0.15, -0.1) is 11.8 Å². The average Bonchev–Trinajstić information content (AvgIpc) is 3.42. The molecule has 1 heterocycles. The molecule has 0 unspecified atom stereocenters. The van der Waals surface area contributed by atoms with Crippen molar-refractivity contribution >= 4 is 33.4 Å². The number of aromatic nitrogens is 2. The molecule has 9 heteroatoms. The van der Waals surface area contributed by atoms with Crippen LogP contribution < -0.4 is 9.62 Å². The molecule has 4 rings (SSSR count). The zero-order valence-corrected chi connectivity index (χ0v) is 21.1. The largest absolute Gasteiger partial charge is 0.350 e. The summed E-state index contributed by atoms with van der Waals surface area (Å²) in [4.78, 5) is 18.0. The molecule has 1 amide bonds. The first-order valence-electron chi connectivity index (χ1n) is 10.9. The Hall–Kier alpha value is -3.56. The normalized spacial score (nSPS) is 11.3. The maximum absolute atomic E-state index is 13.5.